The predicted octanol–water partition coefficient (Wildman–Crippen LogP) is 6.51. The zero-order valence-electron chi connectivity index (χ0n) is 25.6. The first kappa shape index (κ1) is 33.2. The molecule has 1 fully saturated rings. The van der Waals surface area contributed by atoms with Crippen molar-refractivity contribution in [1.82, 2.24) is 15.5 Å². The van der Waals surface area contributed by atoms with Crippen LogP contribution in [-0.2, 0) is 14.3 Å². The maximum atomic E-state index is 14.3. The summed E-state index contributed by atoms with van der Waals surface area (Å²) in [6.45, 7) is 11.6. The van der Waals surface area contributed by atoms with Crippen LogP contribution < -0.4 is 10.6 Å². The number of unbranched alkanes of at least 4 members (excludes halogenated alkanes) is 4. The number of carbonyl (C=O) groups excluding carboxylic acids is 3. The Labute approximate surface area is 242 Å². The van der Waals surface area contributed by atoms with Crippen molar-refractivity contribution in [3.8, 4) is 12.3 Å². The summed E-state index contributed by atoms with van der Waals surface area (Å²) >= 11 is 0. The van der Waals surface area contributed by atoms with Gasteiger partial charge in [0.2, 0.25) is 11.8 Å². The molecule has 222 valence electrons. The normalized spacial score (nSPS) is 15.6. The van der Waals surface area contributed by atoms with Gasteiger partial charge < -0.3 is 20.3 Å². The van der Waals surface area contributed by atoms with Crippen molar-refractivity contribution < 1.29 is 19.1 Å². The second-order valence-electron chi connectivity index (χ2n) is 12.3. The number of nitrogens with one attached hydrogen (secondary N) is 2. The molecule has 0 aromatic heterocycles. The molecule has 0 radical (unpaired) electrons. The van der Waals surface area contributed by atoms with Gasteiger partial charge in [0.15, 0.2) is 0 Å². The van der Waals surface area contributed by atoms with Crippen molar-refractivity contribution in [3.63, 3.8) is 0 Å². The third kappa shape index (κ3) is 10.5. The molecule has 0 heterocycles. The second kappa shape index (κ2) is 16.3. The molecule has 0 saturated heterocycles. The molecule has 2 unspecified atom stereocenters. The van der Waals surface area contributed by atoms with Gasteiger partial charge in [0.25, 0.3) is 0 Å². The van der Waals surface area contributed by atoms with Crippen LogP contribution in [0.1, 0.15) is 123 Å². The van der Waals surface area contributed by atoms with Crippen LogP contribution in [0.3, 0.4) is 0 Å². The maximum Gasteiger partial charge on any atom is 0.408 e. The van der Waals surface area contributed by atoms with Gasteiger partial charge in [-0.05, 0) is 57.6 Å². The molecule has 3 amide bonds. The van der Waals surface area contributed by atoms with E-state index in [1.54, 1.807) is 31.7 Å². The van der Waals surface area contributed by atoms with E-state index >= 15 is 0 Å². The molecule has 7 nitrogen and oxygen atoms in total. The number of hydrogen-bond donors (Lipinski definition) is 2. The summed E-state index contributed by atoms with van der Waals surface area (Å²) in [5.41, 5.74) is 0.498. The van der Waals surface area contributed by atoms with Crippen molar-refractivity contribution >= 4 is 17.9 Å². The van der Waals surface area contributed by atoms with Crippen molar-refractivity contribution in [2.24, 2.45) is 5.92 Å². The van der Waals surface area contributed by atoms with E-state index in [2.05, 4.69) is 23.5 Å². The van der Waals surface area contributed by atoms with Gasteiger partial charge in [0.1, 0.15) is 17.7 Å². The first-order valence-corrected chi connectivity index (χ1v) is 15.1. The van der Waals surface area contributed by atoms with Gasteiger partial charge in [-0.15, -0.1) is 6.42 Å². The number of rotatable bonds is 13. The lowest BCUT2D eigenvalue weighted by molar-refractivity contribution is -0.143. The minimum absolute atomic E-state index is 0.0732. The van der Waals surface area contributed by atoms with Gasteiger partial charge in [0.05, 0.1) is 0 Å². The third-order valence-electron chi connectivity index (χ3n) is 7.31. The predicted molar refractivity (Wildman–Crippen MR) is 161 cm³/mol. The first-order valence-electron chi connectivity index (χ1n) is 15.1. The number of ether oxygens (including phenoxy) is 1. The molecule has 0 aliphatic heterocycles. The minimum Gasteiger partial charge on any atom is -0.444 e. The summed E-state index contributed by atoms with van der Waals surface area (Å²) in [6.07, 6.45) is 15.4. The van der Waals surface area contributed by atoms with E-state index in [1.807, 2.05) is 32.0 Å². The molecule has 7 heteroatoms. The van der Waals surface area contributed by atoms with Crippen LogP contribution >= 0.6 is 0 Å². The number of hydrogen-bond acceptors (Lipinski definition) is 4. The van der Waals surface area contributed by atoms with Gasteiger partial charge in [-0.3, -0.25) is 9.59 Å². The second-order valence-corrected chi connectivity index (χ2v) is 12.3. The summed E-state index contributed by atoms with van der Waals surface area (Å²) in [4.78, 5) is 42.8. The molecular formula is C33H51N3O4. The molecule has 1 aromatic carbocycles. The standard InChI is InChI=1S/C33H51N3O4/c1-8-10-11-12-18-23-36(31(38)28(24(3)4)35-32(39)40-33(5,6)7)29(27-22-17-16-19-25(27)9-2)30(37)34-26-20-14-13-15-21-26/h2,16-17,19,22,24,26,28-29H,8,10-15,18,20-21,23H2,1,3-7H3,(H,34,37)(H,35,39). The number of carbonyl (C=O) groups is 3. The molecule has 0 bridgehead atoms. The van der Waals surface area contributed by atoms with Gasteiger partial charge in [-0.25, -0.2) is 4.79 Å². The quantitative estimate of drug-likeness (QED) is 0.215. The number of nitrogens with zero attached hydrogens (tertiary/aromatic N) is 1. The Hall–Kier alpha value is -3.01. The zero-order valence-corrected chi connectivity index (χ0v) is 25.6. The molecule has 40 heavy (non-hydrogen) atoms. The van der Waals surface area contributed by atoms with Crippen LogP contribution in [0, 0.1) is 18.3 Å². The Kier molecular flexibility index (Phi) is 13.5. The highest BCUT2D eigenvalue weighted by Crippen LogP contribution is 2.28. The summed E-state index contributed by atoms with van der Waals surface area (Å²) in [6, 6.07) is 5.63. The molecule has 2 N–H and O–H groups in total. The fraction of sp³-hybridized carbons (Fsp3) is 0.667. The van der Waals surface area contributed by atoms with E-state index in [9.17, 15) is 14.4 Å². The maximum absolute atomic E-state index is 14.3. The molecule has 0 spiro atoms. The molecule has 1 aliphatic rings. The minimum atomic E-state index is -0.908. The molecule has 1 aliphatic carbocycles. The van der Waals surface area contributed by atoms with Crippen molar-refractivity contribution in [2.75, 3.05) is 6.54 Å². The Morgan fingerprint density at radius 1 is 1.05 bits per heavy atom. The highest BCUT2D eigenvalue weighted by Gasteiger charge is 2.38. The zero-order chi connectivity index (χ0) is 29.7. The van der Waals surface area contributed by atoms with Crippen LogP contribution in [0.4, 0.5) is 4.79 Å². The summed E-state index contributed by atoms with van der Waals surface area (Å²) in [7, 11) is 0. The lowest BCUT2D eigenvalue weighted by atomic mass is 9.93. The highest BCUT2D eigenvalue weighted by molar-refractivity contribution is 5.92. The number of alkyl carbamates (subject to hydrolysis) is 1. The highest BCUT2D eigenvalue weighted by atomic mass is 16.6. The van der Waals surface area contributed by atoms with E-state index < -0.39 is 23.8 Å². The Morgan fingerprint density at radius 3 is 2.30 bits per heavy atom. The first-order chi connectivity index (χ1) is 19.0. The average molecular weight is 554 g/mol. The third-order valence-corrected chi connectivity index (χ3v) is 7.31. The van der Waals surface area contributed by atoms with Crippen molar-refractivity contribution in [2.45, 2.75) is 129 Å². The van der Waals surface area contributed by atoms with Crippen LogP contribution in [0.25, 0.3) is 0 Å². The van der Waals surface area contributed by atoms with Crippen molar-refractivity contribution in [1.29, 1.82) is 0 Å². The van der Waals surface area contributed by atoms with Crippen LogP contribution in [-0.4, -0.2) is 47.0 Å². The SMILES string of the molecule is C#Cc1ccccc1C(C(=O)NC1CCCCC1)N(CCCCCCC)C(=O)C(NC(=O)OC(C)(C)C)C(C)C. The summed E-state index contributed by atoms with van der Waals surface area (Å²) < 4.78 is 5.48. The van der Waals surface area contributed by atoms with E-state index in [4.69, 9.17) is 11.2 Å². The average Bonchev–Trinajstić information content (AvgIpc) is 2.90. The molecule has 2 atom stereocenters. The lowest BCUT2D eigenvalue weighted by Crippen LogP contribution is -2.55. The molecule has 1 saturated carbocycles. The van der Waals surface area contributed by atoms with Gasteiger partial charge in [-0.2, -0.15) is 0 Å². The van der Waals surface area contributed by atoms with Crippen LogP contribution in [0.5, 0.6) is 0 Å². The fourth-order valence-corrected chi connectivity index (χ4v) is 5.22. The topological polar surface area (TPSA) is 87.7 Å². The van der Waals surface area contributed by atoms with E-state index in [1.165, 1.54) is 6.42 Å². The van der Waals surface area contributed by atoms with Gasteiger partial charge >= 0.3 is 6.09 Å². The summed E-state index contributed by atoms with van der Waals surface area (Å²) in [5, 5.41) is 6.04. The largest absolute Gasteiger partial charge is 0.444 e. The monoisotopic (exact) mass is 553 g/mol. The van der Waals surface area contributed by atoms with E-state index in [0.717, 1.165) is 57.8 Å². The van der Waals surface area contributed by atoms with Crippen LogP contribution in [0.15, 0.2) is 24.3 Å². The number of terminal acetylenes is 1. The van der Waals surface area contributed by atoms with Gasteiger partial charge in [-0.1, -0.05) is 89.8 Å². The fourth-order valence-electron chi connectivity index (χ4n) is 5.22. The van der Waals surface area contributed by atoms with E-state index in [-0.39, 0.29) is 23.8 Å². The Bertz CT molecular complexity index is 1000. The van der Waals surface area contributed by atoms with Gasteiger partial charge in [0, 0.05) is 18.2 Å². The Balaban J connectivity index is 2.50. The lowest BCUT2D eigenvalue weighted by Gasteiger charge is -2.37. The number of amides is 3. The smallest absolute Gasteiger partial charge is 0.408 e. The van der Waals surface area contributed by atoms with Crippen molar-refractivity contribution in [3.05, 3.63) is 35.4 Å². The van der Waals surface area contributed by atoms with E-state index in [0.29, 0.717) is 17.7 Å². The Morgan fingerprint density at radius 2 is 1.70 bits per heavy atom. The number of benzene rings is 1. The summed E-state index contributed by atoms with van der Waals surface area (Å²) in [5.74, 6) is 1.95. The molecule has 2 rings (SSSR count). The molecule has 1 aromatic rings. The van der Waals surface area contributed by atoms with Crippen LogP contribution in [0.2, 0.25) is 0 Å². The molecular weight excluding hydrogens is 502 g/mol.